The Kier molecular flexibility index (Phi) is 7.41. The van der Waals surface area contributed by atoms with Gasteiger partial charge in [-0.3, -0.25) is 9.59 Å². The zero-order chi connectivity index (χ0) is 28.2. The first-order valence-corrected chi connectivity index (χ1v) is 13.6. The number of aliphatic hydroxyl groups excluding tert-OH is 1. The lowest BCUT2D eigenvalue weighted by Gasteiger charge is -2.26. The lowest BCUT2D eigenvalue weighted by molar-refractivity contribution is -0.139. The van der Waals surface area contributed by atoms with Gasteiger partial charge in [-0.1, -0.05) is 72.8 Å². The third-order valence-corrected chi connectivity index (χ3v) is 7.26. The second kappa shape index (κ2) is 11.6. The van der Waals surface area contributed by atoms with Crippen LogP contribution in [0.4, 0.5) is 0 Å². The zero-order valence-electron chi connectivity index (χ0n) is 22.4. The van der Waals surface area contributed by atoms with E-state index >= 15 is 0 Å². The van der Waals surface area contributed by atoms with Crippen molar-refractivity contribution in [2.75, 3.05) is 19.8 Å². The van der Waals surface area contributed by atoms with Gasteiger partial charge in [0.15, 0.2) is 11.5 Å². The van der Waals surface area contributed by atoms with Crippen LogP contribution in [0.1, 0.15) is 28.3 Å². The van der Waals surface area contributed by atoms with Gasteiger partial charge in [-0.25, -0.2) is 0 Å². The van der Waals surface area contributed by atoms with Gasteiger partial charge in [0.1, 0.15) is 31.3 Å². The van der Waals surface area contributed by atoms with Crippen LogP contribution in [0, 0.1) is 0 Å². The first-order chi connectivity index (χ1) is 20.1. The van der Waals surface area contributed by atoms with Gasteiger partial charge >= 0.3 is 0 Å². The van der Waals surface area contributed by atoms with Crippen molar-refractivity contribution in [1.82, 2.24) is 4.90 Å². The topological polar surface area (TPSA) is 85.3 Å². The van der Waals surface area contributed by atoms with Crippen molar-refractivity contribution >= 4 is 17.4 Å². The van der Waals surface area contributed by atoms with E-state index in [0.717, 1.165) is 11.1 Å². The Morgan fingerprint density at radius 1 is 0.805 bits per heavy atom. The highest BCUT2D eigenvalue weighted by atomic mass is 16.6. The summed E-state index contributed by atoms with van der Waals surface area (Å²) in [7, 11) is 0. The number of fused-ring (bicyclic) bond motifs is 1. The molecule has 2 aliphatic heterocycles. The van der Waals surface area contributed by atoms with E-state index in [2.05, 4.69) is 0 Å². The maximum Gasteiger partial charge on any atom is 0.295 e. The van der Waals surface area contributed by atoms with Gasteiger partial charge in [0.25, 0.3) is 11.7 Å². The molecule has 7 heteroatoms. The molecule has 1 amide bonds. The molecule has 0 saturated carbocycles. The minimum atomic E-state index is -0.799. The van der Waals surface area contributed by atoms with E-state index in [4.69, 9.17) is 14.2 Å². The summed E-state index contributed by atoms with van der Waals surface area (Å²) in [4.78, 5) is 28.5. The number of benzene rings is 4. The quantitative estimate of drug-likeness (QED) is 0.173. The molecular formula is C34H29NO6. The van der Waals surface area contributed by atoms with E-state index in [0.29, 0.717) is 61.2 Å². The smallest absolute Gasteiger partial charge is 0.295 e. The summed E-state index contributed by atoms with van der Waals surface area (Å²) in [5.41, 5.74) is 3.13. The van der Waals surface area contributed by atoms with Crippen LogP contribution in [0.15, 0.2) is 109 Å². The van der Waals surface area contributed by atoms with E-state index in [1.54, 1.807) is 18.2 Å². The molecule has 2 aliphatic rings. The number of carbonyl (C=O) groups is 2. The third-order valence-electron chi connectivity index (χ3n) is 7.26. The van der Waals surface area contributed by atoms with Gasteiger partial charge < -0.3 is 24.2 Å². The van der Waals surface area contributed by atoms with Crippen molar-refractivity contribution in [3.05, 3.63) is 131 Å². The lowest BCUT2D eigenvalue weighted by atomic mass is 9.95. The SMILES string of the molecule is O=C1C(=O)N(CCc2ccccc2)[C@@H](c2cccc(OCc3ccccc3)c2)/C1=C(\O)c1ccc2c(c1)OCCO2. The molecule has 206 valence electrons. The summed E-state index contributed by atoms with van der Waals surface area (Å²) in [6.45, 7) is 1.49. The normalized spacial score (nSPS) is 17.5. The van der Waals surface area contributed by atoms with Crippen LogP contribution in [-0.2, 0) is 22.6 Å². The Bertz CT molecular complexity index is 1600. The monoisotopic (exact) mass is 547 g/mol. The summed E-state index contributed by atoms with van der Waals surface area (Å²) in [5, 5.41) is 11.5. The highest BCUT2D eigenvalue weighted by Gasteiger charge is 2.46. The fourth-order valence-corrected chi connectivity index (χ4v) is 5.21. The van der Waals surface area contributed by atoms with Crippen molar-refractivity contribution in [3.63, 3.8) is 0 Å². The number of likely N-dealkylation sites (tertiary alicyclic amines) is 1. The molecule has 1 atom stereocenters. The minimum absolute atomic E-state index is 0.0277. The van der Waals surface area contributed by atoms with Crippen LogP contribution in [0.25, 0.3) is 5.76 Å². The van der Waals surface area contributed by atoms with Crippen molar-refractivity contribution in [1.29, 1.82) is 0 Å². The van der Waals surface area contributed by atoms with Crippen LogP contribution in [-0.4, -0.2) is 41.5 Å². The number of nitrogens with zero attached hydrogens (tertiary/aromatic N) is 1. The van der Waals surface area contributed by atoms with E-state index < -0.39 is 17.7 Å². The molecule has 4 aromatic carbocycles. The molecule has 1 N–H and O–H groups in total. The number of hydrogen-bond donors (Lipinski definition) is 1. The van der Waals surface area contributed by atoms with Crippen LogP contribution in [0.3, 0.4) is 0 Å². The number of hydrogen-bond acceptors (Lipinski definition) is 6. The number of carbonyl (C=O) groups excluding carboxylic acids is 2. The molecule has 7 nitrogen and oxygen atoms in total. The molecule has 4 aromatic rings. The van der Waals surface area contributed by atoms with E-state index in [9.17, 15) is 14.7 Å². The summed E-state index contributed by atoms with van der Waals surface area (Å²) in [5.74, 6) is -0.00319. The predicted octanol–water partition coefficient (Wildman–Crippen LogP) is 5.70. The van der Waals surface area contributed by atoms with Crippen molar-refractivity contribution in [3.8, 4) is 17.2 Å². The summed E-state index contributed by atoms with van der Waals surface area (Å²) in [6, 6.07) is 31.1. The average molecular weight is 548 g/mol. The fraction of sp³-hybridized carbons (Fsp3) is 0.176. The number of ether oxygens (including phenoxy) is 3. The number of rotatable bonds is 8. The van der Waals surface area contributed by atoms with Crippen LogP contribution in [0.5, 0.6) is 17.2 Å². The van der Waals surface area contributed by atoms with E-state index in [-0.39, 0.29) is 11.3 Å². The lowest BCUT2D eigenvalue weighted by Crippen LogP contribution is -2.31. The Morgan fingerprint density at radius 2 is 1.51 bits per heavy atom. The molecule has 0 radical (unpaired) electrons. The molecule has 1 fully saturated rings. The molecule has 41 heavy (non-hydrogen) atoms. The van der Waals surface area contributed by atoms with Crippen molar-refractivity contribution < 1.29 is 28.9 Å². The van der Waals surface area contributed by atoms with Gasteiger partial charge in [-0.15, -0.1) is 0 Å². The molecule has 0 unspecified atom stereocenters. The Morgan fingerprint density at radius 3 is 2.27 bits per heavy atom. The van der Waals surface area contributed by atoms with Crippen molar-refractivity contribution in [2.24, 2.45) is 0 Å². The van der Waals surface area contributed by atoms with Gasteiger partial charge in [-0.2, -0.15) is 0 Å². The molecule has 6 rings (SSSR count). The zero-order valence-corrected chi connectivity index (χ0v) is 22.4. The molecule has 0 aromatic heterocycles. The van der Waals surface area contributed by atoms with E-state index in [1.165, 1.54) is 4.90 Å². The molecule has 2 heterocycles. The standard InChI is InChI=1S/C34H29NO6/c36-32(26-14-15-28-29(21-26)40-19-18-39-28)30-31(35(34(38)33(30)37)17-16-23-8-3-1-4-9-23)25-12-7-13-27(20-25)41-22-24-10-5-2-6-11-24/h1-15,20-21,31,36H,16-19,22H2/b32-30+/t31-/m0/s1. The fourth-order valence-electron chi connectivity index (χ4n) is 5.21. The first kappa shape index (κ1) is 26.2. The minimum Gasteiger partial charge on any atom is -0.507 e. The highest BCUT2D eigenvalue weighted by Crippen LogP contribution is 2.42. The second-order valence-corrected chi connectivity index (χ2v) is 9.93. The molecular weight excluding hydrogens is 518 g/mol. The molecule has 0 bridgehead atoms. The van der Waals surface area contributed by atoms with E-state index in [1.807, 2.05) is 84.9 Å². The predicted molar refractivity (Wildman–Crippen MR) is 154 cm³/mol. The Labute approximate surface area is 238 Å². The summed E-state index contributed by atoms with van der Waals surface area (Å²) in [6.07, 6.45) is 0.554. The molecule has 0 spiro atoms. The number of aliphatic hydroxyl groups is 1. The van der Waals surface area contributed by atoms with Crippen LogP contribution >= 0.6 is 0 Å². The van der Waals surface area contributed by atoms with Gasteiger partial charge in [0.2, 0.25) is 0 Å². The Balaban J connectivity index is 1.38. The average Bonchev–Trinajstić information content (AvgIpc) is 3.28. The highest BCUT2D eigenvalue weighted by molar-refractivity contribution is 6.46. The van der Waals surface area contributed by atoms with Crippen molar-refractivity contribution in [2.45, 2.75) is 19.1 Å². The maximum atomic E-state index is 13.5. The van der Waals surface area contributed by atoms with Gasteiger partial charge in [0.05, 0.1) is 11.6 Å². The van der Waals surface area contributed by atoms with Gasteiger partial charge in [-0.05, 0) is 53.4 Å². The number of amides is 1. The molecule has 0 aliphatic carbocycles. The largest absolute Gasteiger partial charge is 0.507 e. The Hall–Kier alpha value is -5.04. The van der Waals surface area contributed by atoms with Gasteiger partial charge in [0, 0.05) is 12.1 Å². The van der Waals surface area contributed by atoms with Crippen LogP contribution < -0.4 is 14.2 Å². The maximum absolute atomic E-state index is 13.5. The number of ketones is 1. The van der Waals surface area contributed by atoms with Crippen LogP contribution in [0.2, 0.25) is 0 Å². The number of Topliss-reactive ketones (excluding diaryl/α,β-unsaturated/α-hetero) is 1. The summed E-state index contributed by atoms with van der Waals surface area (Å²) < 4.78 is 17.3. The third kappa shape index (κ3) is 5.52. The summed E-state index contributed by atoms with van der Waals surface area (Å²) >= 11 is 0. The molecule has 1 saturated heterocycles. The first-order valence-electron chi connectivity index (χ1n) is 13.6. The second-order valence-electron chi connectivity index (χ2n) is 9.93.